The predicted octanol–water partition coefficient (Wildman–Crippen LogP) is 3.35. The third-order valence-corrected chi connectivity index (χ3v) is 3.29. The molecule has 1 aromatic carbocycles. The van der Waals surface area contributed by atoms with Crippen molar-refractivity contribution in [1.29, 1.82) is 0 Å². The number of phenols is 1. The largest absolute Gasteiger partial charge is 0.507 e. The number of rotatable bonds is 3. The summed E-state index contributed by atoms with van der Waals surface area (Å²) in [7, 11) is 0. The van der Waals surface area contributed by atoms with Crippen molar-refractivity contribution in [2.75, 3.05) is 6.61 Å². The Balaban J connectivity index is 2.35. The van der Waals surface area contributed by atoms with E-state index >= 15 is 0 Å². The number of carbonyl (C=O) groups excluding carboxylic acids is 1. The van der Waals surface area contributed by atoms with Gasteiger partial charge in [0.1, 0.15) is 10.8 Å². The smallest absolute Gasteiger partial charge is 0.357 e. The highest BCUT2D eigenvalue weighted by atomic mass is 35.5. The molecule has 0 radical (unpaired) electrons. The lowest BCUT2D eigenvalue weighted by atomic mass is 10.2. The van der Waals surface area contributed by atoms with Crippen LogP contribution in [0.2, 0.25) is 5.02 Å². The Kier molecular flexibility index (Phi) is 3.84. The monoisotopic (exact) mass is 283 g/mol. The van der Waals surface area contributed by atoms with E-state index in [4.69, 9.17) is 16.3 Å². The summed E-state index contributed by atoms with van der Waals surface area (Å²) in [6.45, 7) is 2.03. The number of aromatic hydroxyl groups is 1. The number of thiazole rings is 1. The number of hydrogen-bond acceptors (Lipinski definition) is 5. The van der Waals surface area contributed by atoms with Crippen molar-refractivity contribution in [3.8, 4) is 16.3 Å². The Hall–Kier alpha value is -1.59. The van der Waals surface area contributed by atoms with Gasteiger partial charge in [-0.2, -0.15) is 0 Å². The summed E-state index contributed by atoms with van der Waals surface area (Å²) in [6.07, 6.45) is 0. The first-order valence-corrected chi connectivity index (χ1v) is 6.49. The first-order chi connectivity index (χ1) is 8.61. The summed E-state index contributed by atoms with van der Waals surface area (Å²) >= 11 is 7.11. The van der Waals surface area contributed by atoms with Crippen LogP contribution >= 0.6 is 22.9 Å². The first-order valence-electron chi connectivity index (χ1n) is 5.23. The maximum atomic E-state index is 11.5. The van der Waals surface area contributed by atoms with Crippen LogP contribution in [0.1, 0.15) is 17.4 Å². The van der Waals surface area contributed by atoms with Crippen molar-refractivity contribution < 1.29 is 14.6 Å². The summed E-state index contributed by atoms with van der Waals surface area (Å²) in [5, 5.41) is 12.3. The SMILES string of the molecule is CCOC(=O)c1csc(-c2cc(Cl)ccc2O)n1. The molecule has 0 unspecified atom stereocenters. The fourth-order valence-electron chi connectivity index (χ4n) is 1.38. The van der Waals surface area contributed by atoms with Crippen LogP contribution in [0.3, 0.4) is 0 Å². The van der Waals surface area contributed by atoms with Gasteiger partial charge in [-0.15, -0.1) is 11.3 Å². The zero-order valence-electron chi connectivity index (χ0n) is 9.51. The number of nitrogens with zero attached hydrogens (tertiary/aromatic N) is 1. The molecule has 0 saturated heterocycles. The molecular formula is C12H10ClNO3S. The second-order valence-electron chi connectivity index (χ2n) is 3.42. The van der Waals surface area contributed by atoms with Gasteiger partial charge in [-0.25, -0.2) is 9.78 Å². The van der Waals surface area contributed by atoms with Crippen molar-refractivity contribution in [3.63, 3.8) is 0 Å². The van der Waals surface area contributed by atoms with Gasteiger partial charge in [-0.05, 0) is 25.1 Å². The van der Waals surface area contributed by atoms with Crippen molar-refractivity contribution in [2.24, 2.45) is 0 Å². The highest BCUT2D eigenvalue weighted by molar-refractivity contribution is 7.13. The summed E-state index contributed by atoms with van der Waals surface area (Å²) in [6, 6.07) is 4.67. The molecule has 1 N–H and O–H groups in total. The van der Waals surface area contributed by atoms with Crippen LogP contribution in [-0.4, -0.2) is 22.7 Å². The fourth-order valence-corrected chi connectivity index (χ4v) is 2.36. The Morgan fingerprint density at radius 2 is 2.33 bits per heavy atom. The number of aromatic nitrogens is 1. The molecule has 18 heavy (non-hydrogen) atoms. The van der Waals surface area contributed by atoms with Crippen molar-refractivity contribution in [1.82, 2.24) is 4.98 Å². The number of benzene rings is 1. The maximum absolute atomic E-state index is 11.5. The summed E-state index contributed by atoms with van der Waals surface area (Å²) < 4.78 is 4.85. The topological polar surface area (TPSA) is 59.4 Å². The zero-order valence-corrected chi connectivity index (χ0v) is 11.1. The number of carbonyl (C=O) groups is 1. The van der Waals surface area contributed by atoms with E-state index in [0.29, 0.717) is 22.2 Å². The second-order valence-corrected chi connectivity index (χ2v) is 4.71. The van der Waals surface area contributed by atoms with E-state index < -0.39 is 5.97 Å². The highest BCUT2D eigenvalue weighted by Crippen LogP contribution is 2.33. The maximum Gasteiger partial charge on any atom is 0.357 e. The molecule has 1 aromatic heterocycles. The van der Waals surface area contributed by atoms with E-state index in [2.05, 4.69) is 4.98 Å². The molecule has 0 amide bonds. The highest BCUT2D eigenvalue weighted by Gasteiger charge is 2.14. The molecule has 0 bridgehead atoms. The minimum atomic E-state index is -0.471. The third-order valence-electron chi connectivity index (χ3n) is 2.18. The molecule has 0 spiro atoms. The van der Waals surface area contributed by atoms with Crippen LogP contribution in [0.25, 0.3) is 10.6 Å². The molecule has 2 aromatic rings. The van der Waals surface area contributed by atoms with Gasteiger partial charge >= 0.3 is 5.97 Å². The van der Waals surface area contributed by atoms with E-state index in [1.807, 2.05) is 0 Å². The van der Waals surface area contributed by atoms with E-state index in [1.54, 1.807) is 24.4 Å². The van der Waals surface area contributed by atoms with E-state index in [1.165, 1.54) is 17.4 Å². The average Bonchev–Trinajstić information content (AvgIpc) is 2.82. The van der Waals surface area contributed by atoms with Crippen LogP contribution in [0, 0.1) is 0 Å². The van der Waals surface area contributed by atoms with Crippen molar-refractivity contribution >= 4 is 28.9 Å². The molecular weight excluding hydrogens is 274 g/mol. The number of ether oxygens (including phenoxy) is 1. The zero-order chi connectivity index (χ0) is 13.1. The molecule has 2 rings (SSSR count). The van der Waals surface area contributed by atoms with Gasteiger partial charge < -0.3 is 9.84 Å². The molecule has 94 valence electrons. The Bertz CT molecular complexity index is 582. The lowest BCUT2D eigenvalue weighted by molar-refractivity contribution is 0.0520. The van der Waals surface area contributed by atoms with Crippen LogP contribution < -0.4 is 0 Å². The van der Waals surface area contributed by atoms with Gasteiger partial charge in [-0.1, -0.05) is 11.6 Å². The number of halogens is 1. The van der Waals surface area contributed by atoms with Crippen LogP contribution in [0.4, 0.5) is 0 Å². The molecule has 0 aliphatic carbocycles. The summed E-state index contributed by atoms with van der Waals surface area (Å²) in [5.41, 5.74) is 0.735. The minimum absolute atomic E-state index is 0.0733. The molecule has 0 atom stereocenters. The van der Waals surface area contributed by atoms with Crippen LogP contribution in [0.15, 0.2) is 23.6 Å². The Labute approximate surface area is 113 Å². The van der Waals surface area contributed by atoms with Gasteiger partial charge in [0.25, 0.3) is 0 Å². The predicted molar refractivity (Wildman–Crippen MR) is 70.2 cm³/mol. The van der Waals surface area contributed by atoms with E-state index in [0.717, 1.165) is 0 Å². The number of phenolic OH excluding ortho intramolecular Hbond substituents is 1. The average molecular weight is 284 g/mol. The summed E-state index contributed by atoms with van der Waals surface area (Å²) in [4.78, 5) is 15.6. The Morgan fingerprint density at radius 1 is 1.56 bits per heavy atom. The molecule has 0 aliphatic rings. The minimum Gasteiger partial charge on any atom is -0.507 e. The third kappa shape index (κ3) is 2.63. The van der Waals surface area contributed by atoms with Gasteiger partial charge in [0, 0.05) is 10.4 Å². The molecule has 0 aliphatic heterocycles. The number of esters is 1. The quantitative estimate of drug-likeness (QED) is 0.878. The van der Waals surface area contributed by atoms with E-state index in [9.17, 15) is 9.90 Å². The van der Waals surface area contributed by atoms with Gasteiger partial charge in [0.15, 0.2) is 5.69 Å². The molecule has 0 saturated carbocycles. The lowest BCUT2D eigenvalue weighted by Crippen LogP contribution is -2.04. The fraction of sp³-hybridized carbons (Fsp3) is 0.167. The van der Waals surface area contributed by atoms with Crippen molar-refractivity contribution in [3.05, 3.63) is 34.3 Å². The molecule has 1 heterocycles. The summed E-state index contributed by atoms with van der Waals surface area (Å²) in [5.74, 6) is -0.398. The Morgan fingerprint density at radius 3 is 3.06 bits per heavy atom. The normalized spacial score (nSPS) is 10.3. The van der Waals surface area contributed by atoms with Crippen molar-refractivity contribution in [2.45, 2.75) is 6.92 Å². The van der Waals surface area contributed by atoms with Gasteiger partial charge in [-0.3, -0.25) is 0 Å². The van der Waals surface area contributed by atoms with Gasteiger partial charge in [0.2, 0.25) is 0 Å². The molecule has 0 fully saturated rings. The molecule has 6 heteroatoms. The molecule has 4 nitrogen and oxygen atoms in total. The van der Waals surface area contributed by atoms with Gasteiger partial charge in [0.05, 0.1) is 12.2 Å². The van der Waals surface area contributed by atoms with Crippen LogP contribution in [0.5, 0.6) is 5.75 Å². The standard InChI is InChI=1S/C12H10ClNO3S/c1-2-17-12(16)9-6-18-11(14-9)8-5-7(13)3-4-10(8)15/h3-6,15H,2H2,1H3. The first kappa shape index (κ1) is 12.9. The van der Waals surface area contributed by atoms with E-state index in [-0.39, 0.29) is 11.4 Å². The second kappa shape index (κ2) is 5.37. The lowest BCUT2D eigenvalue weighted by Gasteiger charge is -2.01. The number of hydrogen-bond donors (Lipinski definition) is 1. The van der Waals surface area contributed by atoms with Crippen LogP contribution in [-0.2, 0) is 4.74 Å².